The molecule has 2 heterocycles. The minimum Gasteiger partial charge on any atom is -0.497 e. The van der Waals surface area contributed by atoms with Gasteiger partial charge in [-0.1, -0.05) is 25.0 Å². The van der Waals surface area contributed by atoms with Crippen molar-refractivity contribution in [3.8, 4) is 17.2 Å². The Balaban J connectivity index is 1.41. The summed E-state index contributed by atoms with van der Waals surface area (Å²) >= 11 is 0. The van der Waals surface area contributed by atoms with Gasteiger partial charge in [0.15, 0.2) is 17.3 Å². The minimum atomic E-state index is -0.111. The molecule has 1 fully saturated rings. The Morgan fingerprint density at radius 2 is 1.70 bits per heavy atom. The number of hydrogen-bond acceptors (Lipinski definition) is 8. The molecule has 0 amide bonds. The molecule has 0 spiro atoms. The highest BCUT2D eigenvalue weighted by molar-refractivity contribution is 5.83. The SMILES string of the molecule is COc1ccc(Cn2nnnc2CN(Cc2cc3cc(OC)c(OC)cc3[nH]c2=O)C2CCCC2)cc1. The van der Waals surface area contributed by atoms with Crippen LogP contribution in [0.2, 0.25) is 0 Å². The Labute approximate surface area is 215 Å². The van der Waals surface area contributed by atoms with Gasteiger partial charge in [0.05, 0.1) is 39.9 Å². The molecule has 1 aliphatic rings. The van der Waals surface area contributed by atoms with Gasteiger partial charge in [-0.3, -0.25) is 9.69 Å². The van der Waals surface area contributed by atoms with Crippen molar-refractivity contribution >= 4 is 10.9 Å². The summed E-state index contributed by atoms with van der Waals surface area (Å²) in [6.45, 7) is 1.61. The maximum Gasteiger partial charge on any atom is 0.252 e. The lowest BCUT2D eigenvalue weighted by atomic mass is 10.1. The van der Waals surface area contributed by atoms with Crippen molar-refractivity contribution in [2.45, 2.75) is 51.4 Å². The number of benzene rings is 2. The number of pyridine rings is 1. The Morgan fingerprint density at radius 3 is 2.41 bits per heavy atom. The summed E-state index contributed by atoms with van der Waals surface area (Å²) in [5, 5.41) is 13.4. The van der Waals surface area contributed by atoms with Gasteiger partial charge in [0, 0.05) is 29.6 Å². The van der Waals surface area contributed by atoms with Crippen LogP contribution < -0.4 is 19.8 Å². The molecule has 2 aromatic heterocycles. The van der Waals surface area contributed by atoms with E-state index < -0.39 is 0 Å². The van der Waals surface area contributed by atoms with E-state index in [0.29, 0.717) is 48.3 Å². The van der Waals surface area contributed by atoms with E-state index >= 15 is 0 Å². The third-order valence-corrected chi connectivity index (χ3v) is 7.08. The quantitative estimate of drug-likeness (QED) is 0.350. The average Bonchev–Trinajstić information content (AvgIpc) is 3.61. The van der Waals surface area contributed by atoms with Crippen LogP contribution >= 0.6 is 0 Å². The fourth-order valence-electron chi connectivity index (χ4n) is 5.04. The van der Waals surface area contributed by atoms with E-state index in [9.17, 15) is 4.79 Å². The van der Waals surface area contributed by atoms with Crippen LogP contribution in [0.4, 0.5) is 0 Å². The zero-order valence-electron chi connectivity index (χ0n) is 21.4. The topological polar surface area (TPSA) is 107 Å². The van der Waals surface area contributed by atoms with E-state index in [-0.39, 0.29) is 5.56 Å². The average molecular weight is 505 g/mol. The van der Waals surface area contributed by atoms with Gasteiger partial charge in [-0.05, 0) is 53.1 Å². The van der Waals surface area contributed by atoms with Crippen LogP contribution in [0.15, 0.2) is 47.3 Å². The van der Waals surface area contributed by atoms with Crippen molar-refractivity contribution in [2.75, 3.05) is 21.3 Å². The van der Waals surface area contributed by atoms with Gasteiger partial charge in [0.25, 0.3) is 5.56 Å². The molecule has 37 heavy (non-hydrogen) atoms. The number of ether oxygens (including phenoxy) is 3. The Kier molecular flexibility index (Phi) is 7.36. The first-order valence-electron chi connectivity index (χ1n) is 12.5. The number of tetrazole rings is 1. The number of H-pyrrole nitrogens is 1. The van der Waals surface area contributed by atoms with Crippen molar-refractivity contribution < 1.29 is 14.2 Å². The molecule has 10 nitrogen and oxygen atoms in total. The normalized spacial score (nSPS) is 13.9. The van der Waals surface area contributed by atoms with Crippen molar-refractivity contribution in [3.05, 3.63) is 69.8 Å². The van der Waals surface area contributed by atoms with Crippen LogP contribution in [0.1, 0.15) is 42.6 Å². The van der Waals surface area contributed by atoms with E-state index in [0.717, 1.165) is 35.4 Å². The van der Waals surface area contributed by atoms with Crippen molar-refractivity contribution in [1.29, 1.82) is 0 Å². The molecule has 194 valence electrons. The summed E-state index contributed by atoms with van der Waals surface area (Å²) in [5.41, 5.74) is 2.38. The van der Waals surface area contributed by atoms with E-state index in [1.54, 1.807) is 27.4 Å². The van der Waals surface area contributed by atoms with Gasteiger partial charge in [-0.15, -0.1) is 5.10 Å². The number of aromatic amines is 1. The highest BCUT2D eigenvalue weighted by Crippen LogP contribution is 2.32. The second kappa shape index (κ2) is 11.0. The van der Waals surface area contributed by atoms with Gasteiger partial charge in [-0.25, -0.2) is 4.68 Å². The summed E-state index contributed by atoms with van der Waals surface area (Å²) in [5.74, 6) is 2.78. The monoisotopic (exact) mass is 504 g/mol. The molecule has 0 unspecified atom stereocenters. The lowest BCUT2D eigenvalue weighted by Crippen LogP contribution is -2.35. The van der Waals surface area contributed by atoms with Crippen molar-refractivity contribution in [2.24, 2.45) is 0 Å². The molecular formula is C27H32N6O4. The molecule has 4 aromatic rings. The molecule has 0 radical (unpaired) electrons. The number of aromatic nitrogens is 5. The summed E-state index contributed by atoms with van der Waals surface area (Å²) in [4.78, 5) is 18.4. The number of methoxy groups -OCH3 is 3. The van der Waals surface area contributed by atoms with Crippen molar-refractivity contribution in [3.63, 3.8) is 0 Å². The lowest BCUT2D eigenvalue weighted by molar-refractivity contribution is 0.172. The minimum absolute atomic E-state index is 0.111. The number of nitrogens with zero attached hydrogens (tertiary/aromatic N) is 5. The fraction of sp³-hybridized carbons (Fsp3) is 0.407. The molecule has 1 aliphatic carbocycles. The Morgan fingerprint density at radius 1 is 0.973 bits per heavy atom. The molecule has 0 aliphatic heterocycles. The summed E-state index contributed by atoms with van der Waals surface area (Å²) in [6.07, 6.45) is 4.55. The molecule has 0 atom stereocenters. The predicted octanol–water partition coefficient (Wildman–Crippen LogP) is 3.53. The van der Waals surface area contributed by atoms with E-state index in [1.165, 1.54) is 12.8 Å². The number of rotatable bonds is 10. The van der Waals surface area contributed by atoms with Crippen LogP contribution in [0, 0.1) is 0 Å². The van der Waals surface area contributed by atoms with E-state index in [2.05, 4.69) is 25.4 Å². The lowest BCUT2D eigenvalue weighted by Gasteiger charge is -2.28. The zero-order chi connectivity index (χ0) is 25.8. The van der Waals surface area contributed by atoms with Crippen molar-refractivity contribution in [1.82, 2.24) is 30.1 Å². The Bertz CT molecular complexity index is 1410. The molecule has 10 heteroatoms. The van der Waals surface area contributed by atoms with Crippen LogP contribution in [-0.2, 0) is 19.6 Å². The number of hydrogen-bond donors (Lipinski definition) is 1. The fourth-order valence-corrected chi connectivity index (χ4v) is 5.04. The third-order valence-electron chi connectivity index (χ3n) is 7.08. The van der Waals surface area contributed by atoms with Gasteiger partial charge in [0.2, 0.25) is 0 Å². The molecule has 0 bridgehead atoms. The van der Waals surface area contributed by atoms with E-state index in [4.69, 9.17) is 14.2 Å². The highest BCUT2D eigenvalue weighted by Gasteiger charge is 2.26. The second-order valence-corrected chi connectivity index (χ2v) is 9.36. The van der Waals surface area contributed by atoms with Crippen LogP contribution in [0.25, 0.3) is 10.9 Å². The maximum absolute atomic E-state index is 13.1. The highest BCUT2D eigenvalue weighted by atomic mass is 16.5. The summed E-state index contributed by atoms with van der Waals surface area (Å²) in [7, 11) is 4.84. The summed E-state index contributed by atoms with van der Waals surface area (Å²) in [6, 6.07) is 13.9. The molecule has 1 N–H and O–H groups in total. The first-order valence-corrected chi connectivity index (χ1v) is 12.5. The Hall–Kier alpha value is -3.92. The molecule has 2 aromatic carbocycles. The predicted molar refractivity (Wildman–Crippen MR) is 139 cm³/mol. The molecule has 5 rings (SSSR count). The van der Waals surface area contributed by atoms with Gasteiger partial charge in [0.1, 0.15) is 5.75 Å². The number of nitrogens with one attached hydrogen (secondary N) is 1. The number of fused-ring (bicyclic) bond motifs is 1. The largest absolute Gasteiger partial charge is 0.497 e. The first kappa shape index (κ1) is 24.8. The van der Waals surface area contributed by atoms with Crippen LogP contribution in [0.3, 0.4) is 0 Å². The first-order chi connectivity index (χ1) is 18.1. The molecular weight excluding hydrogens is 472 g/mol. The van der Waals surface area contributed by atoms with Gasteiger partial charge in [-0.2, -0.15) is 0 Å². The van der Waals surface area contributed by atoms with Crippen LogP contribution in [0.5, 0.6) is 17.2 Å². The molecule has 1 saturated carbocycles. The third kappa shape index (κ3) is 5.43. The zero-order valence-corrected chi connectivity index (χ0v) is 21.4. The van der Waals surface area contributed by atoms with Crippen LogP contribution in [-0.4, -0.2) is 57.5 Å². The van der Waals surface area contributed by atoms with Gasteiger partial charge < -0.3 is 19.2 Å². The summed E-state index contributed by atoms with van der Waals surface area (Å²) < 4.78 is 17.9. The standard InChI is InChI=1S/C27H32N6O4/c1-35-22-10-8-18(9-11-22)15-33-26(29-30-31-33)17-32(21-6-4-5-7-21)16-20-12-19-13-24(36-2)25(37-3)14-23(19)28-27(20)34/h8-14,21H,4-7,15-17H2,1-3H3,(H,28,34). The molecule has 0 saturated heterocycles. The van der Waals surface area contributed by atoms with Gasteiger partial charge >= 0.3 is 0 Å². The smallest absolute Gasteiger partial charge is 0.252 e. The second-order valence-electron chi connectivity index (χ2n) is 9.36. The van der Waals surface area contributed by atoms with E-state index in [1.807, 2.05) is 41.1 Å². The maximum atomic E-state index is 13.1.